The molecule has 2 saturated heterocycles. The van der Waals surface area contributed by atoms with Gasteiger partial charge in [0.15, 0.2) is 12.1 Å². The summed E-state index contributed by atoms with van der Waals surface area (Å²) in [7, 11) is 0. The Morgan fingerprint density at radius 3 is 3.00 bits per heavy atom. The lowest BCUT2D eigenvalue weighted by Crippen LogP contribution is -2.51. The number of carbonyl (C=O) groups excluding carboxylic acids is 2. The van der Waals surface area contributed by atoms with Crippen LogP contribution in [0.2, 0.25) is 0 Å². The van der Waals surface area contributed by atoms with Crippen LogP contribution in [0, 0.1) is 0 Å². The molecule has 2 rings (SSSR count). The average Bonchev–Trinajstić information content (AvgIpc) is 2.66. The predicted molar refractivity (Wildman–Crippen MR) is 50.9 cm³/mol. The highest BCUT2D eigenvalue weighted by atomic mass is 16.6. The molecule has 84 valence electrons. The van der Waals surface area contributed by atoms with Gasteiger partial charge in [-0.05, 0) is 13.3 Å². The minimum atomic E-state index is -1.04. The Hall–Kier alpha value is -0.940. The van der Waals surface area contributed by atoms with Gasteiger partial charge < -0.3 is 14.7 Å². The summed E-state index contributed by atoms with van der Waals surface area (Å²) in [5.74, 6) is -0.0543. The Bertz CT molecular complexity index is 304. The van der Waals surface area contributed by atoms with Crippen LogP contribution in [-0.4, -0.2) is 46.7 Å². The molecule has 5 heteroatoms. The number of carbonyl (C=O) groups is 2. The third-order valence-electron chi connectivity index (χ3n) is 3.23. The summed E-state index contributed by atoms with van der Waals surface area (Å²) in [6.07, 6.45) is 0.0937. The number of Topliss-reactive ketones (excluding diaryl/α,β-unsaturated/α-hetero) is 1. The molecular formula is C10H15NO4. The molecule has 2 atom stereocenters. The highest BCUT2D eigenvalue weighted by Gasteiger charge is 2.56. The van der Waals surface area contributed by atoms with Crippen molar-refractivity contribution in [3.05, 3.63) is 0 Å². The molecular weight excluding hydrogens is 198 g/mol. The Morgan fingerprint density at radius 1 is 1.60 bits per heavy atom. The van der Waals surface area contributed by atoms with Crippen LogP contribution in [0.4, 0.5) is 0 Å². The van der Waals surface area contributed by atoms with Gasteiger partial charge in [-0.1, -0.05) is 0 Å². The van der Waals surface area contributed by atoms with Crippen molar-refractivity contribution in [2.24, 2.45) is 0 Å². The fourth-order valence-electron chi connectivity index (χ4n) is 2.50. The van der Waals surface area contributed by atoms with Gasteiger partial charge in [0.05, 0.1) is 6.54 Å². The lowest BCUT2D eigenvalue weighted by Gasteiger charge is -2.34. The standard InChI is InChI=1S/C10H15NO4/c1-2-15-9(14)10-4-3-8(13)11(10)6-7(12)5-10/h9,14H,2-6H2,1H3. The molecule has 0 aromatic rings. The number of hydrogen-bond donors (Lipinski definition) is 1. The van der Waals surface area contributed by atoms with E-state index in [4.69, 9.17) is 4.74 Å². The molecule has 5 nitrogen and oxygen atoms in total. The summed E-state index contributed by atoms with van der Waals surface area (Å²) in [4.78, 5) is 24.4. The van der Waals surface area contributed by atoms with E-state index in [1.807, 2.05) is 0 Å². The van der Waals surface area contributed by atoms with Crippen molar-refractivity contribution in [3.8, 4) is 0 Å². The second-order valence-electron chi connectivity index (χ2n) is 4.11. The molecule has 2 heterocycles. The van der Waals surface area contributed by atoms with Gasteiger partial charge in [0.1, 0.15) is 5.54 Å². The van der Waals surface area contributed by atoms with Gasteiger partial charge in [0.25, 0.3) is 0 Å². The van der Waals surface area contributed by atoms with Gasteiger partial charge in [-0.2, -0.15) is 0 Å². The van der Waals surface area contributed by atoms with Crippen LogP contribution in [-0.2, 0) is 14.3 Å². The number of rotatable bonds is 3. The van der Waals surface area contributed by atoms with Crippen molar-refractivity contribution in [2.75, 3.05) is 13.2 Å². The lowest BCUT2D eigenvalue weighted by molar-refractivity contribution is -0.172. The van der Waals surface area contributed by atoms with Crippen LogP contribution in [0.5, 0.6) is 0 Å². The van der Waals surface area contributed by atoms with Crippen LogP contribution in [0.3, 0.4) is 0 Å². The number of fused-ring (bicyclic) bond motifs is 1. The summed E-state index contributed by atoms with van der Waals surface area (Å²) in [6, 6.07) is 0. The maximum Gasteiger partial charge on any atom is 0.223 e. The van der Waals surface area contributed by atoms with E-state index in [9.17, 15) is 14.7 Å². The molecule has 0 bridgehead atoms. The summed E-state index contributed by atoms with van der Waals surface area (Å²) >= 11 is 0. The zero-order valence-corrected chi connectivity index (χ0v) is 8.73. The molecule has 0 aliphatic carbocycles. The van der Waals surface area contributed by atoms with Gasteiger partial charge in [0.2, 0.25) is 5.91 Å². The van der Waals surface area contributed by atoms with Crippen molar-refractivity contribution in [1.82, 2.24) is 4.90 Å². The SMILES string of the molecule is CCOC(O)C12CCC(=O)N1CC(=O)C2. The first kappa shape index (κ1) is 10.6. The summed E-state index contributed by atoms with van der Waals surface area (Å²) < 4.78 is 5.14. The molecule has 15 heavy (non-hydrogen) atoms. The van der Waals surface area contributed by atoms with E-state index in [1.54, 1.807) is 6.92 Å². The topological polar surface area (TPSA) is 66.8 Å². The number of ketones is 1. The van der Waals surface area contributed by atoms with Crippen LogP contribution in [0.15, 0.2) is 0 Å². The van der Waals surface area contributed by atoms with Crippen LogP contribution < -0.4 is 0 Å². The average molecular weight is 213 g/mol. The highest BCUT2D eigenvalue weighted by Crippen LogP contribution is 2.41. The van der Waals surface area contributed by atoms with Crippen molar-refractivity contribution >= 4 is 11.7 Å². The van der Waals surface area contributed by atoms with Crippen molar-refractivity contribution in [2.45, 2.75) is 38.0 Å². The third kappa shape index (κ3) is 1.46. The van der Waals surface area contributed by atoms with Gasteiger partial charge >= 0.3 is 0 Å². The molecule has 1 N–H and O–H groups in total. The van der Waals surface area contributed by atoms with Crippen LogP contribution in [0.1, 0.15) is 26.2 Å². The zero-order chi connectivity index (χ0) is 11.1. The Balaban J connectivity index is 2.24. The zero-order valence-electron chi connectivity index (χ0n) is 8.73. The monoisotopic (exact) mass is 213 g/mol. The summed E-state index contributed by atoms with van der Waals surface area (Å²) in [6.45, 7) is 2.28. The van der Waals surface area contributed by atoms with E-state index in [-0.39, 0.29) is 24.7 Å². The molecule has 2 fully saturated rings. The van der Waals surface area contributed by atoms with E-state index in [0.29, 0.717) is 19.4 Å². The van der Waals surface area contributed by atoms with Crippen LogP contribution in [0.25, 0.3) is 0 Å². The molecule has 2 unspecified atom stereocenters. The summed E-state index contributed by atoms with van der Waals surface area (Å²) in [5, 5.41) is 9.88. The molecule has 0 saturated carbocycles. The van der Waals surface area contributed by atoms with E-state index in [2.05, 4.69) is 0 Å². The number of aliphatic hydroxyl groups excluding tert-OH is 1. The molecule has 0 aromatic heterocycles. The van der Waals surface area contributed by atoms with Crippen molar-refractivity contribution < 1.29 is 19.4 Å². The van der Waals surface area contributed by atoms with Crippen molar-refractivity contribution in [1.29, 1.82) is 0 Å². The first-order chi connectivity index (χ1) is 7.10. The number of ether oxygens (including phenoxy) is 1. The first-order valence-corrected chi connectivity index (χ1v) is 5.22. The fourth-order valence-corrected chi connectivity index (χ4v) is 2.50. The van der Waals surface area contributed by atoms with Gasteiger partial charge in [0, 0.05) is 19.4 Å². The van der Waals surface area contributed by atoms with E-state index < -0.39 is 11.8 Å². The molecule has 0 spiro atoms. The normalized spacial score (nSPS) is 32.3. The van der Waals surface area contributed by atoms with E-state index in [1.165, 1.54) is 4.90 Å². The lowest BCUT2D eigenvalue weighted by atomic mass is 9.93. The second kappa shape index (κ2) is 3.57. The Morgan fingerprint density at radius 2 is 2.33 bits per heavy atom. The highest BCUT2D eigenvalue weighted by molar-refractivity contribution is 5.93. The van der Waals surface area contributed by atoms with Crippen molar-refractivity contribution in [3.63, 3.8) is 0 Å². The maximum atomic E-state index is 11.5. The van der Waals surface area contributed by atoms with Gasteiger partial charge in [-0.15, -0.1) is 0 Å². The number of aliphatic hydroxyl groups is 1. The Labute approximate surface area is 88.0 Å². The minimum absolute atomic E-state index is 0.00167. The number of nitrogens with zero attached hydrogens (tertiary/aromatic N) is 1. The third-order valence-corrected chi connectivity index (χ3v) is 3.23. The summed E-state index contributed by atoms with van der Waals surface area (Å²) in [5.41, 5.74) is -0.774. The molecule has 0 radical (unpaired) electrons. The minimum Gasteiger partial charge on any atom is -0.366 e. The number of hydrogen-bond acceptors (Lipinski definition) is 4. The largest absolute Gasteiger partial charge is 0.366 e. The van der Waals surface area contributed by atoms with Gasteiger partial charge in [-0.3, -0.25) is 9.59 Å². The molecule has 2 aliphatic heterocycles. The first-order valence-electron chi connectivity index (χ1n) is 5.22. The maximum absolute atomic E-state index is 11.5. The van der Waals surface area contributed by atoms with Crippen LogP contribution >= 0.6 is 0 Å². The molecule has 1 amide bonds. The predicted octanol–water partition coefficient (Wildman–Crippen LogP) is -0.325. The molecule has 0 aromatic carbocycles. The Kier molecular flexibility index (Phi) is 2.52. The fraction of sp³-hybridized carbons (Fsp3) is 0.800. The quantitative estimate of drug-likeness (QED) is 0.652. The molecule has 2 aliphatic rings. The van der Waals surface area contributed by atoms with Gasteiger partial charge in [-0.25, -0.2) is 0 Å². The number of amides is 1. The van der Waals surface area contributed by atoms with E-state index in [0.717, 1.165) is 0 Å². The smallest absolute Gasteiger partial charge is 0.223 e. The second-order valence-corrected chi connectivity index (χ2v) is 4.11. The van der Waals surface area contributed by atoms with E-state index >= 15 is 0 Å².